The highest BCUT2D eigenvalue weighted by Crippen LogP contribution is 2.27. The minimum atomic E-state index is -0.962. The zero-order valence-electron chi connectivity index (χ0n) is 11.7. The highest BCUT2D eigenvalue weighted by atomic mass is 19.1. The van der Waals surface area contributed by atoms with Crippen molar-refractivity contribution < 1.29 is 22.7 Å². The van der Waals surface area contributed by atoms with Gasteiger partial charge in [-0.05, 0) is 24.6 Å². The molecule has 6 heteroatoms. The van der Waals surface area contributed by atoms with Gasteiger partial charge in [-0.15, -0.1) is 0 Å². The third kappa shape index (κ3) is 3.21. The van der Waals surface area contributed by atoms with Crippen molar-refractivity contribution in [2.24, 2.45) is 0 Å². The Morgan fingerprint density at radius 1 is 1.38 bits per heavy atom. The van der Waals surface area contributed by atoms with Crippen LogP contribution in [0.5, 0.6) is 0 Å². The van der Waals surface area contributed by atoms with Crippen molar-refractivity contribution in [3.8, 4) is 0 Å². The number of carbonyl (C=O) groups is 1. The van der Waals surface area contributed by atoms with Crippen LogP contribution in [0.2, 0.25) is 0 Å². The van der Waals surface area contributed by atoms with E-state index in [0.29, 0.717) is 18.2 Å². The van der Waals surface area contributed by atoms with Crippen molar-refractivity contribution in [2.45, 2.75) is 19.4 Å². The van der Waals surface area contributed by atoms with Gasteiger partial charge in [-0.25, -0.2) is 13.6 Å². The van der Waals surface area contributed by atoms with Crippen LogP contribution >= 0.6 is 0 Å². The summed E-state index contributed by atoms with van der Waals surface area (Å²) < 4.78 is 37.2. The number of rotatable bonds is 5. The molecule has 1 aromatic heterocycles. The van der Waals surface area contributed by atoms with Crippen molar-refractivity contribution in [1.29, 1.82) is 0 Å². The smallest absolute Gasteiger partial charge is 0.340 e. The molecule has 0 spiro atoms. The second kappa shape index (κ2) is 6.39. The molecule has 21 heavy (non-hydrogen) atoms. The Balaban J connectivity index is 2.33. The largest absolute Gasteiger partial charge is 0.467 e. The molecule has 2 rings (SSSR count). The maximum absolute atomic E-state index is 13.9. The van der Waals surface area contributed by atoms with Gasteiger partial charge in [-0.3, -0.25) is 0 Å². The molecule has 2 aromatic rings. The number of benzene rings is 1. The van der Waals surface area contributed by atoms with Gasteiger partial charge in [0.25, 0.3) is 0 Å². The third-order valence-electron chi connectivity index (χ3n) is 3.09. The average Bonchev–Trinajstić information content (AvgIpc) is 2.99. The lowest BCUT2D eigenvalue weighted by Crippen LogP contribution is -2.12. The van der Waals surface area contributed by atoms with Gasteiger partial charge in [-0.1, -0.05) is 6.92 Å². The molecule has 1 heterocycles. The van der Waals surface area contributed by atoms with E-state index in [2.05, 4.69) is 10.1 Å². The number of furan rings is 1. The Kier molecular flexibility index (Phi) is 4.57. The van der Waals surface area contributed by atoms with Crippen LogP contribution in [0.4, 0.5) is 14.5 Å². The molecule has 0 bridgehead atoms. The van der Waals surface area contributed by atoms with Gasteiger partial charge in [0.05, 0.1) is 30.7 Å². The Morgan fingerprint density at radius 3 is 2.71 bits per heavy atom. The van der Waals surface area contributed by atoms with Crippen LogP contribution in [-0.4, -0.2) is 13.1 Å². The topological polar surface area (TPSA) is 51.5 Å². The number of hydrogen-bond donors (Lipinski definition) is 1. The van der Waals surface area contributed by atoms with Crippen LogP contribution in [0.25, 0.3) is 0 Å². The van der Waals surface area contributed by atoms with Gasteiger partial charge in [0, 0.05) is 6.07 Å². The molecule has 0 amide bonds. The van der Waals surface area contributed by atoms with E-state index in [0.717, 1.165) is 13.2 Å². The molecule has 0 aliphatic carbocycles. The molecule has 1 aromatic carbocycles. The SMILES string of the molecule is CCC(Nc1cc(C(=O)OC)c(F)cc1F)c1ccco1. The summed E-state index contributed by atoms with van der Waals surface area (Å²) in [5.41, 5.74) is -0.309. The van der Waals surface area contributed by atoms with Crippen molar-refractivity contribution in [3.63, 3.8) is 0 Å². The molecular weight excluding hydrogens is 280 g/mol. The fraction of sp³-hybridized carbons (Fsp3) is 0.267. The predicted octanol–water partition coefficient (Wildman–Crippen LogP) is 3.91. The summed E-state index contributed by atoms with van der Waals surface area (Å²) in [5, 5.41) is 2.90. The van der Waals surface area contributed by atoms with E-state index in [4.69, 9.17) is 4.42 Å². The first-order valence-electron chi connectivity index (χ1n) is 6.44. The lowest BCUT2D eigenvalue weighted by atomic mass is 10.1. The minimum absolute atomic E-state index is 0.0139. The highest BCUT2D eigenvalue weighted by molar-refractivity contribution is 5.90. The summed E-state index contributed by atoms with van der Waals surface area (Å²) in [6.45, 7) is 1.89. The van der Waals surface area contributed by atoms with E-state index in [1.807, 2.05) is 6.92 Å². The van der Waals surface area contributed by atoms with Gasteiger partial charge in [0.2, 0.25) is 0 Å². The molecule has 0 aliphatic rings. The van der Waals surface area contributed by atoms with Crippen LogP contribution in [0, 0.1) is 11.6 Å². The maximum atomic E-state index is 13.9. The first-order chi connectivity index (χ1) is 10.1. The summed E-state index contributed by atoms with van der Waals surface area (Å²) in [4.78, 5) is 11.5. The first kappa shape index (κ1) is 15.0. The van der Waals surface area contributed by atoms with Crippen LogP contribution in [-0.2, 0) is 4.74 Å². The number of methoxy groups -OCH3 is 1. The monoisotopic (exact) mass is 295 g/mol. The quantitative estimate of drug-likeness (QED) is 0.850. The molecule has 4 nitrogen and oxygen atoms in total. The van der Waals surface area contributed by atoms with E-state index in [1.54, 1.807) is 12.1 Å². The minimum Gasteiger partial charge on any atom is -0.467 e. The van der Waals surface area contributed by atoms with Crippen molar-refractivity contribution in [1.82, 2.24) is 0 Å². The normalized spacial score (nSPS) is 12.0. The summed E-state index contributed by atoms with van der Waals surface area (Å²) in [5.74, 6) is -1.98. The predicted molar refractivity (Wildman–Crippen MR) is 73.1 cm³/mol. The molecule has 1 N–H and O–H groups in total. The summed E-state index contributed by atoms with van der Waals surface area (Å²) in [6.07, 6.45) is 2.14. The second-order valence-corrected chi connectivity index (χ2v) is 4.42. The molecule has 0 radical (unpaired) electrons. The van der Waals surface area contributed by atoms with E-state index in [1.165, 1.54) is 6.26 Å². The fourth-order valence-electron chi connectivity index (χ4n) is 1.98. The van der Waals surface area contributed by atoms with Crippen LogP contribution < -0.4 is 5.32 Å². The molecule has 1 atom stereocenters. The van der Waals surface area contributed by atoms with Gasteiger partial charge >= 0.3 is 5.97 Å². The lowest BCUT2D eigenvalue weighted by Gasteiger charge is -2.17. The average molecular weight is 295 g/mol. The first-order valence-corrected chi connectivity index (χ1v) is 6.44. The summed E-state index contributed by atoms with van der Waals surface area (Å²) in [7, 11) is 1.13. The van der Waals surface area contributed by atoms with E-state index < -0.39 is 17.6 Å². The number of carbonyl (C=O) groups excluding carboxylic acids is 1. The van der Waals surface area contributed by atoms with Gasteiger partial charge in [0.1, 0.15) is 17.4 Å². The summed E-state index contributed by atoms with van der Waals surface area (Å²) in [6, 6.07) is 4.95. The Morgan fingerprint density at radius 2 is 2.14 bits per heavy atom. The van der Waals surface area contributed by atoms with E-state index in [9.17, 15) is 13.6 Å². The van der Waals surface area contributed by atoms with Crippen molar-refractivity contribution in [3.05, 3.63) is 53.5 Å². The molecular formula is C15H15F2NO3. The molecule has 0 saturated heterocycles. The van der Waals surface area contributed by atoms with E-state index in [-0.39, 0.29) is 17.3 Å². The third-order valence-corrected chi connectivity index (χ3v) is 3.09. The summed E-state index contributed by atoms with van der Waals surface area (Å²) >= 11 is 0. The number of nitrogens with one attached hydrogen (secondary N) is 1. The van der Waals surface area contributed by atoms with Crippen LogP contribution in [0.1, 0.15) is 35.5 Å². The zero-order chi connectivity index (χ0) is 15.4. The molecule has 0 aliphatic heterocycles. The van der Waals surface area contributed by atoms with Crippen LogP contribution in [0.3, 0.4) is 0 Å². The number of hydrogen-bond acceptors (Lipinski definition) is 4. The number of ether oxygens (including phenoxy) is 1. The second-order valence-electron chi connectivity index (χ2n) is 4.42. The van der Waals surface area contributed by atoms with Crippen molar-refractivity contribution >= 4 is 11.7 Å². The lowest BCUT2D eigenvalue weighted by molar-refractivity contribution is 0.0595. The molecule has 0 saturated carbocycles. The molecule has 0 fully saturated rings. The Labute approximate surface area is 120 Å². The number of halogens is 2. The van der Waals surface area contributed by atoms with E-state index >= 15 is 0 Å². The van der Waals surface area contributed by atoms with Gasteiger partial charge in [0.15, 0.2) is 0 Å². The standard InChI is InChI=1S/C15H15F2NO3/c1-3-12(14-5-4-6-21-14)18-13-7-9(15(19)20-2)10(16)8-11(13)17/h4-8,12,18H,3H2,1-2H3. The molecule has 112 valence electrons. The number of anilines is 1. The fourth-order valence-corrected chi connectivity index (χ4v) is 1.98. The zero-order valence-corrected chi connectivity index (χ0v) is 11.7. The highest BCUT2D eigenvalue weighted by Gasteiger charge is 2.19. The Bertz CT molecular complexity index is 626. The van der Waals surface area contributed by atoms with Crippen LogP contribution in [0.15, 0.2) is 34.9 Å². The van der Waals surface area contributed by atoms with Crippen molar-refractivity contribution in [2.75, 3.05) is 12.4 Å². The van der Waals surface area contributed by atoms with Gasteiger partial charge < -0.3 is 14.5 Å². The maximum Gasteiger partial charge on any atom is 0.340 e. The number of esters is 1. The Hall–Kier alpha value is -2.37. The van der Waals surface area contributed by atoms with Gasteiger partial charge in [-0.2, -0.15) is 0 Å². The molecule has 1 unspecified atom stereocenters.